The van der Waals surface area contributed by atoms with E-state index in [0.717, 1.165) is 5.82 Å². The number of anilines is 2. The van der Waals surface area contributed by atoms with Crippen molar-refractivity contribution >= 4 is 11.4 Å². The van der Waals surface area contributed by atoms with E-state index in [2.05, 4.69) is 40.7 Å². The third kappa shape index (κ3) is 0.973. The molecule has 2 aliphatic heterocycles. The van der Waals surface area contributed by atoms with Gasteiger partial charge >= 0.3 is 0 Å². The first kappa shape index (κ1) is 7.44. The van der Waals surface area contributed by atoms with Crippen LogP contribution in [0.15, 0.2) is 60.6 Å². The molecule has 1 N–H and O–H groups in total. The minimum absolute atomic E-state index is 1.11. The van der Waals surface area contributed by atoms with Crippen LogP contribution in [0.4, 0.5) is 11.4 Å². The highest BCUT2D eigenvalue weighted by Crippen LogP contribution is 2.36. The van der Waals surface area contributed by atoms with Gasteiger partial charge in [0.05, 0.1) is 11.4 Å². The second-order valence-electron chi connectivity index (χ2n) is 3.29. The molecule has 2 heteroatoms. The summed E-state index contributed by atoms with van der Waals surface area (Å²) in [5.74, 6) is 1.11. The summed E-state index contributed by atoms with van der Waals surface area (Å²) < 4.78 is 0. The number of benzene rings is 1. The van der Waals surface area contributed by atoms with Crippen LogP contribution in [0.2, 0.25) is 0 Å². The molecule has 0 saturated carbocycles. The van der Waals surface area contributed by atoms with Crippen molar-refractivity contribution in [2.24, 2.45) is 0 Å². The molecule has 2 nitrogen and oxygen atoms in total. The van der Waals surface area contributed by atoms with Crippen LogP contribution in [0.5, 0.6) is 0 Å². The van der Waals surface area contributed by atoms with Crippen LogP contribution in [0, 0.1) is 0 Å². The zero-order valence-corrected chi connectivity index (χ0v) is 7.64. The molecule has 0 bridgehead atoms. The Morgan fingerprint density at radius 3 is 2.93 bits per heavy atom. The molecule has 0 fully saturated rings. The first-order chi connectivity index (χ1) is 6.95. The van der Waals surface area contributed by atoms with E-state index in [1.807, 2.05) is 24.3 Å². The van der Waals surface area contributed by atoms with Gasteiger partial charge in [0, 0.05) is 6.20 Å². The maximum Gasteiger partial charge on any atom is 0.115 e. The predicted octanol–water partition coefficient (Wildman–Crippen LogP) is 2.84. The van der Waals surface area contributed by atoms with Gasteiger partial charge in [-0.05, 0) is 24.3 Å². The topological polar surface area (TPSA) is 15.3 Å². The first-order valence-electron chi connectivity index (χ1n) is 4.65. The fourth-order valence-corrected chi connectivity index (χ4v) is 1.75. The van der Waals surface area contributed by atoms with E-state index in [1.165, 1.54) is 11.4 Å². The van der Waals surface area contributed by atoms with Gasteiger partial charge in [-0.1, -0.05) is 24.3 Å². The summed E-state index contributed by atoms with van der Waals surface area (Å²) in [6.45, 7) is 0. The van der Waals surface area contributed by atoms with E-state index in [4.69, 9.17) is 0 Å². The molecule has 0 radical (unpaired) electrons. The lowest BCUT2D eigenvalue weighted by Crippen LogP contribution is -2.12. The van der Waals surface area contributed by atoms with Crippen LogP contribution < -0.4 is 10.2 Å². The smallest absolute Gasteiger partial charge is 0.115 e. The van der Waals surface area contributed by atoms with E-state index in [9.17, 15) is 0 Å². The fraction of sp³-hybridized carbons (Fsp3) is 0. The number of hydrogen-bond donors (Lipinski definition) is 1. The Bertz CT molecular complexity index is 455. The molecule has 2 heterocycles. The summed E-state index contributed by atoms with van der Waals surface area (Å²) in [7, 11) is 0. The summed E-state index contributed by atoms with van der Waals surface area (Å²) in [6.07, 6.45) is 10.2. The number of rotatable bonds is 0. The minimum atomic E-state index is 1.11. The average Bonchev–Trinajstić information content (AvgIpc) is 2.42. The lowest BCUT2D eigenvalue weighted by molar-refractivity contribution is 1.23. The molecule has 1 aromatic carbocycles. The van der Waals surface area contributed by atoms with Gasteiger partial charge in [-0.2, -0.15) is 0 Å². The normalized spacial score (nSPS) is 16.9. The maximum absolute atomic E-state index is 3.36. The summed E-state index contributed by atoms with van der Waals surface area (Å²) in [6, 6.07) is 8.29. The number of allylic oxidation sites excluding steroid dienone is 4. The lowest BCUT2D eigenvalue weighted by Gasteiger charge is -2.12. The summed E-state index contributed by atoms with van der Waals surface area (Å²) in [4.78, 5) is 2.15. The zero-order valence-electron chi connectivity index (χ0n) is 7.64. The highest BCUT2D eigenvalue weighted by atomic mass is 15.3. The summed E-state index contributed by atoms with van der Waals surface area (Å²) in [5.41, 5.74) is 2.37. The van der Waals surface area contributed by atoms with Gasteiger partial charge in [0.2, 0.25) is 0 Å². The van der Waals surface area contributed by atoms with Crippen molar-refractivity contribution in [3.63, 3.8) is 0 Å². The van der Waals surface area contributed by atoms with Crippen molar-refractivity contribution in [1.82, 2.24) is 0 Å². The quantitative estimate of drug-likeness (QED) is 0.663. The van der Waals surface area contributed by atoms with E-state index >= 15 is 0 Å². The van der Waals surface area contributed by atoms with Crippen LogP contribution in [-0.4, -0.2) is 0 Å². The maximum atomic E-state index is 3.36. The molecule has 0 unspecified atom stereocenters. The predicted molar refractivity (Wildman–Crippen MR) is 58.9 cm³/mol. The molecule has 0 aromatic heterocycles. The van der Waals surface area contributed by atoms with E-state index in [0.29, 0.717) is 0 Å². The molecular formula is C12H10N2. The second kappa shape index (κ2) is 2.77. The van der Waals surface area contributed by atoms with E-state index < -0.39 is 0 Å². The van der Waals surface area contributed by atoms with E-state index in [-0.39, 0.29) is 0 Å². The molecule has 0 atom stereocenters. The fourth-order valence-electron chi connectivity index (χ4n) is 1.75. The third-order valence-electron chi connectivity index (χ3n) is 2.40. The highest BCUT2D eigenvalue weighted by molar-refractivity contribution is 5.82. The first-order valence-corrected chi connectivity index (χ1v) is 4.65. The zero-order chi connectivity index (χ0) is 9.38. The Hall–Kier alpha value is -1.96. The standard InChI is InChI=1S/C12H10N2/c1-2-8-12-13-10-6-3-4-7-11(10)14(12)9-5-1/h1-9,13H. The van der Waals surface area contributed by atoms with Gasteiger partial charge < -0.3 is 10.2 Å². The van der Waals surface area contributed by atoms with Gasteiger partial charge in [-0.15, -0.1) is 0 Å². The molecule has 3 rings (SSSR count). The molecule has 14 heavy (non-hydrogen) atoms. The van der Waals surface area contributed by atoms with Gasteiger partial charge in [0.15, 0.2) is 0 Å². The molecule has 1 aromatic rings. The number of para-hydroxylation sites is 2. The monoisotopic (exact) mass is 182 g/mol. The van der Waals surface area contributed by atoms with Crippen molar-refractivity contribution in [2.75, 3.05) is 10.2 Å². The SMILES string of the molecule is C1=CC=C2Nc3ccccc3N2C=C1. The molecule has 0 spiro atoms. The Morgan fingerprint density at radius 2 is 1.93 bits per heavy atom. The van der Waals surface area contributed by atoms with Crippen LogP contribution in [0.25, 0.3) is 0 Å². The minimum Gasteiger partial charge on any atom is -0.340 e. The Balaban J connectivity index is 2.16. The van der Waals surface area contributed by atoms with Gasteiger partial charge in [0.1, 0.15) is 5.82 Å². The highest BCUT2D eigenvalue weighted by Gasteiger charge is 2.20. The Kier molecular flexibility index (Phi) is 1.47. The van der Waals surface area contributed by atoms with Crippen molar-refractivity contribution in [1.29, 1.82) is 0 Å². The second-order valence-corrected chi connectivity index (χ2v) is 3.29. The Morgan fingerprint density at radius 1 is 1.00 bits per heavy atom. The molecule has 0 amide bonds. The Labute approximate surface area is 82.9 Å². The molecule has 2 aliphatic rings. The van der Waals surface area contributed by atoms with Crippen molar-refractivity contribution in [3.8, 4) is 0 Å². The number of nitrogens with one attached hydrogen (secondary N) is 1. The third-order valence-corrected chi connectivity index (χ3v) is 2.40. The van der Waals surface area contributed by atoms with Crippen molar-refractivity contribution < 1.29 is 0 Å². The summed E-state index contributed by atoms with van der Waals surface area (Å²) in [5, 5.41) is 3.36. The van der Waals surface area contributed by atoms with Gasteiger partial charge in [-0.25, -0.2) is 0 Å². The van der Waals surface area contributed by atoms with Crippen LogP contribution in [0.1, 0.15) is 0 Å². The largest absolute Gasteiger partial charge is 0.340 e. The number of fused-ring (bicyclic) bond motifs is 3. The van der Waals surface area contributed by atoms with Crippen LogP contribution >= 0.6 is 0 Å². The average molecular weight is 182 g/mol. The van der Waals surface area contributed by atoms with Crippen molar-refractivity contribution in [3.05, 3.63) is 60.6 Å². The number of hydrogen-bond acceptors (Lipinski definition) is 2. The summed E-state index contributed by atoms with van der Waals surface area (Å²) >= 11 is 0. The van der Waals surface area contributed by atoms with Crippen LogP contribution in [0.3, 0.4) is 0 Å². The lowest BCUT2D eigenvalue weighted by atomic mass is 10.3. The molecule has 68 valence electrons. The van der Waals surface area contributed by atoms with E-state index in [1.54, 1.807) is 0 Å². The molecule has 0 aliphatic carbocycles. The molecular weight excluding hydrogens is 172 g/mol. The van der Waals surface area contributed by atoms with Crippen molar-refractivity contribution in [2.45, 2.75) is 0 Å². The molecule has 0 saturated heterocycles. The van der Waals surface area contributed by atoms with Gasteiger partial charge in [-0.3, -0.25) is 0 Å². The van der Waals surface area contributed by atoms with Crippen LogP contribution in [-0.2, 0) is 0 Å². The van der Waals surface area contributed by atoms with Gasteiger partial charge in [0.25, 0.3) is 0 Å². The number of nitrogens with zero attached hydrogens (tertiary/aromatic N) is 1.